The molecule has 1 atom stereocenters. The minimum atomic E-state index is -3.40. The standard InChI is InChI=1S/C18H23N3O2S2/c22-25(23,20-10-2-1-3-11-20)15-8-9-18(19-14-15)21-12-4-6-16(21)17-7-5-13-24-17/h5,7-9,13-14,16H,1-4,6,10-12H2. The van der Waals surface area contributed by atoms with E-state index < -0.39 is 10.0 Å². The Balaban J connectivity index is 1.55. The molecule has 2 saturated heterocycles. The van der Waals surface area contributed by atoms with Gasteiger partial charge in [0.05, 0.1) is 6.04 Å². The molecule has 0 N–H and O–H groups in total. The van der Waals surface area contributed by atoms with Gasteiger partial charge in [-0.2, -0.15) is 4.31 Å². The molecule has 0 bridgehead atoms. The van der Waals surface area contributed by atoms with Crippen LogP contribution in [0.5, 0.6) is 0 Å². The maximum Gasteiger partial charge on any atom is 0.244 e. The lowest BCUT2D eigenvalue weighted by molar-refractivity contribution is 0.346. The summed E-state index contributed by atoms with van der Waals surface area (Å²) in [6.07, 6.45) is 6.79. The first kappa shape index (κ1) is 17.0. The van der Waals surface area contributed by atoms with E-state index in [9.17, 15) is 8.42 Å². The molecule has 0 amide bonds. The summed E-state index contributed by atoms with van der Waals surface area (Å²) >= 11 is 1.77. The van der Waals surface area contributed by atoms with E-state index in [0.29, 0.717) is 24.0 Å². The quantitative estimate of drug-likeness (QED) is 0.816. The van der Waals surface area contributed by atoms with Crippen LogP contribution in [0.2, 0.25) is 0 Å². The Morgan fingerprint density at radius 2 is 1.88 bits per heavy atom. The van der Waals surface area contributed by atoms with Gasteiger partial charge in [0.25, 0.3) is 0 Å². The normalized spacial score (nSPS) is 22.4. The molecule has 7 heteroatoms. The summed E-state index contributed by atoms with van der Waals surface area (Å²) in [7, 11) is -3.40. The van der Waals surface area contributed by atoms with Crippen molar-refractivity contribution in [2.45, 2.75) is 43.0 Å². The Bertz CT molecular complexity index is 797. The van der Waals surface area contributed by atoms with E-state index in [2.05, 4.69) is 27.4 Å². The van der Waals surface area contributed by atoms with Gasteiger partial charge in [0.2, 0.25) is 10.0 Å². The van der Waals surface area contributed by atoms with Crippen molar-refractivity contribution in [3.63, 3.8) is 0 Å². The summed E-state index contributed by atoms with van der Waals surface area (Å²) in [5, 5.41) is 2.10. The summed E-state index contributed by atoms with van der Waals surface area (Å²) in [5.74, 6) is 0.869. The predicted molar refractivity (Wildman–Crippen MR) is 100 cm³/mol. The van der Waals surface area contributed by atoms with Gasteiger partial charge in [0.15, 0.2) is 0 Å². The highest BCUT2D eigenvalue weighted by Crippen LogP contribution is 2.37. The molecule has 2 fully saturated rings. The van der Waals surface area contributed by atoms with Gasteiger partial charge in [-0.05, 0) is 49.3 Å². The molecular formula is C18H23N3O2S2. The van der Waals surface area contributed by atoms with E-state index in [0.717, 1.165) is 44.5 Å². The Morgan fingerprint density at radius 3 is 2.56 bits per heavy atom. The molecule has 0 aliphatic carbocycles. The minimum Gasteiger partial charge on any atom is -0.349 e. The number of sulfonamides is 1. The topological polar surface area (TPSA) is 53.5 Å². The van der Waals surface area contributed by atoms with E-state index in [1.54, 1.807) is 21.7 Å². The second-order valence-electron chi connectivity index (χ2n) is 6.68. The molecule has 0 saturated carbocycles. The second kappa shape index (κ2) is 7.05. The average molecular weight is 378 g/mol. The number of hydrogen-bond acceptors (Lipinski definition) is 5. The highest BCUT2D eigenvalue weighted by atomic mass is 32.2. The lowest BCUT2D eigenvalue weighted by atomic mass is 10.2. The fraction of sp³-hybridized carbons (Fsp3) is 0.500. The third kappa shape index (κ3) is 3.32. The van der Waals surface area contributed by atoms with Gasteiger partial charge in [-0.25, -0.2) is 13.4 Å². The number of anilines is 1. The van der Waals surface area contributed by atoms with Crippen LogP contribution in [0.15, 0.2) is 40.7 Å². The van der Waals surface area contributed by atoms with Crippen molar-refractivity contribution in [2.75, 3.05) is 24.5 Å². The van der Waals surface area contributed by atoms with Crippen LogP contribution in [-0.2, 0) is 10.0 Å². The molecule has 2 aliphatic rings. The van der Waals surface area contributed by atoms with Crippen molar-refractivity contribution in [1.29, 1.82) is 0 Å². The average Bonchev–Trinajstić information content (AvgIpc) is 3.34. The van der Waals surface area contributed by atoms with Crippen LogP contribution in [0.4, 0.5) is 5.82 Å². The molecule has 134 valence electrons. The number of thiophene rings is 1. The summed E-state index contributed by atoms with van der Waals surface area (Å²) in [6.45, 7) is 2.21. The van der Waals surface area contributed by atoms with Crippen LogP contribution in [0.25, 0.3) is 0 Å². The number of rotatable bonds is 4. The zero-order valence-corrected chi connectivity index (χ0v) is 15.8. The SMILES string of the molecule is O=S(=O)(c1ccc(N2CCCC2c2cccs2)nc1)N1CCCCC1. The number of piperidine rings is 1. The van der Waals surface area contributed by atoms with Crippen molar-refractivity contribution in [1.82, 2.24) is 9.29 Å². The first-order valence-electron chi connectivity index (χ1n) is 8.92. The van der Waals surface area contributed by atoms with Gasteiger partial charge in [-0.1, -0.05) is 12.5 Å². The lowest BCUT2D eigenvalue weighted by Gasteiger charge is -2.27. The second-order valence-corrected chi connectivity index (χ2v) is 9.60. The van der Waals surface area contributed by atoms with E-state index in [-0.39, 0.29) is 0 Å². The minimum absolute atomic E-state index is 0.310. The number of aromatic nitrogens is 1. The zero-order chi connectivity index (χ0) is 17.3. The third-order valence-electron chi connectivity index (χ3n) is 5.09. The fourth-order valence-electron chi connectivity index (χ4n) is 3.77. The van der Waals surface area contributed by atoms with Crippen LogP contribution in [0.1, 0.15) is 43.0 Å². The molecule has 0 radical (unpaired) electrons. The first-order chi connectivity index (χ1) is 12.2. The zero-order valence-electron chi connectivity index (χ0n) is 14.2. The fourth-order valence-corrected chi connectivity index (χ4v) is 6.10. The third-order valence-corrected chi connectivity index (χ3v) is 7.95. The smallest absolute Gasteiger partial charge is 0.244 e. The van der Waals surface area contributed by atoms with E-state index in [1.165, 1.54) is 11.1 Å². The number of nitrogens with zero attached hydrogens (tertiary/aromatic N) is 3. The van der Waals surface area contributed by atoms with Crippen molar-refractivity contribution in [3.05, 3.63) is 40.7 Å². The molecular weight excluding hydrogens is 354 g/mol. The molecule has 2 aromatic heterocycles. The first-order valence-corrected chi connectivity index (χ1v) is 11.2. The molecule has 2 aromatic rings. The Labute approximate surface area is 153 Å². The summed E-state index contributed by atoms with van der Waals surface area (Å²) < 4.78 is 27.1. The van der Waals surface area contributed by atoms with Crippen molar-refractivity contribution in [3.8, 4) is 0 Å². The summed E-state index contributed by atoms with van der Waals surface area (Å²) in [4.78, 5) is 8.46. The molecule has 0 aromatic carbocycles. The number of hydrogen-bond donors (Lipinski definition) is 0. The summed E-state index contributed by atoms with van der Waals surface area (Å²) in [5.41, 5.74) is 0. The van der Waals surface area contributed by atoms with Crippen LogP contribution in [-0.4, -0.2) is 37.3 Å². The van der Waals surface area contributed by atoms with E-state index in [4.69, 9.17) is 0 Å². The highest BCUT2D eigenvalue weighted by Gasteiger charge is 2.29. The van der Waals surface area contributed by atoms with Crippen LogP contribution in [0, 0.1) is 0 Å². The highest BCUT2D eigenvalue weighted by molar-refractivity contribution is 7.89. The molecule has 25 heavy (non-hydrogen) atoms. The monoisotopic (exact) mass is 377 g/mol. The van der Waals surface area contributed by atoms with E-state index >= 15 is 0 Å². The maximum absolute atomic E-state index is 12.7. The van der Waals surface area contributed by atoms with Crippen LogP contribution in [0.3, 0.4) is 0 Å². The van der Waals surface area contributed by atoms with Gasteiger partial charge in [-0.15, -0.1) is 11.3 Å². The molecule has 1 unspecified atom stereocenters. The molecule has 0 spiro atoms. The van der Waals surface area contributed by atoms with Gasteiger partial charge < -0.3 is 4.90 Å². The van der Waals surface area contributed by atoms with Crippen LogP contribution >= 0.6 is 11.3 Å². The Hall–Kier alpha value is -1.44. The van der Waals surface area contributed by atoms with Crippen molar-refractivity contribution in [2.24, 2.45) is 0 Å². The lowest BCUT2D eigenvalue weighted by Crippen LogP contribution is -2.35. The Kier molecular flexibility index (Phi) is 4.80. The number of pyridine rings is 1. The predicted octanol–water partition coefficient (Wildman–Crippen LogP) is 3.66. The molecule has 4 rings (SSSR count). The van der Waals surface area contributed by atoms with Gasteiger partial charge in [0, 0.05) is 30.7 Å². The Morgan fingerprint density at radius 1 is 1.04 bits per heavy atom. The summed E-state index contributed by atoms with van der Waals surface area (Å²) in [6, 6.07) is 8.19. The molecule has 2 aliphatic heterocycles. The largest absolute Gasteiger partial charge is 0.349 e. The van der Waals surface area contributed by atoms with Gasteiger partial charge in [0.1, 0.15) is 10.7 Å². The maximum atomic E-state index is 12.7. The van der Waals surface area contributed by atoms with Crippen molar-refractivity contribution >= 4 is 27.2 Å². The van der Waals surface area contributed by atoms with E-state index in [1.807, 2.05) is 6.07 Å². The van der Waals surface area contributed by atoms with Gasteiger partial charge in [-0.3, -0.25) is 0 Å². The molecule has 4 heterocycles. The molecule has 5 nitrogen and oxygen atoms in total. The van der Waals surface area contributed by atoms with Crippen LogP contribution < -0.4 is 4.90 Å². The van der Waals surface area contributed by atoms with Gasteiger partial charge >= 0.3 is 0 Å². The van der Waals surface area contributed by atoms with Crippen molar-refractivity contribution < 1.29 is 8.42 Å².